The Morgan fingerprint density at radius 3 is 2.12 bits per heavy atom. The molecule has 3 nitrogen and oxygen atoms in total. The molecule has 0 aromatic heterocycles. The second-order valence-electron chi connectivity index (χ2n) is 6.32. The van der Waals surface area contributed by atoms with Crippen LogP contribution < -0.4 is 0 Å². The summed E-state index contributed by atoms with van der Waals surface area (Å²) < 4.78 is 0.975. The van der Waals surface area contributed by atoms with Crippen LogP contribution in [0.4, 0.5) is 0 Å². The maximum atomic E-state index is 12.3. The lowest BCUT2D eigenvalue weighted by atomic mass is 9.99. The molecule has 0 fully saturated rings. The zero-order chi connectivity index (χ0) is 17.8. The third kappa shape index (κ3) is 4.47. The van der Waals surface area contributed by atoms with Crippen molar-refractivity contribution in [1.29, 1.82) is 0 Å². The summed E-state index contributed by atoms with van der Waals surface area (Å²) in [5.41, 5.74) is 3.06. The lowest BCUT2D eigenvalue weighted by Gasteiger charge is -2.22. The van der Waals surface area contributed by atoms with Gasteiger partial charge in [-0.25, -0.2) is 0 Å². The number of hydrogen-bond donors (Lipinski definition) is 0. The Kier molecular flexibility index (Phi) is 5.51. The smallest absolute Gasteiger partial charge is 0.182 e. The molecule has 0 saturated carbocycles. The number of hydrogen-bond acceptors (Lipinski definition) is 3. The highest BCUT2D eigenvalue weighted by Gasteiger charge is 2.12. The standard InChI is InChI=1S/C21H21BrN2O/c1-23(2)20-9-5-16(6-10-20)17-11-13-24(14-12-17)15-21(25)18-3-7-19(22)8-4-18/h3-14,20H,15H2,1-2H3. The van der Waals surface area contributed by atoms with Gasteiger partial charge in [0.25, 0.3) is 0 Å². The Bertz CT molecular complexity index is 766. The highest BCUT2D eigenvalue weighted by molar-refractivity contribution is 9.10. The van der Waals surface area contributed by atoms with E-state index in [1.54, 1.807) is 0 Å². The summed E-state index contributed by atoms with van der Waals surface area (Å²) in [6.07, 6.45) is 16.7. The number of nitrogens with zero attached hydrogens (tertiary/aromatic N) is 2. The van der Waals surface area contributed by atoms with Crippen molar-refractivity contribution >= 4 is 21.7 Å². The molecule has 0 saturated heterocycles. The molecule has 0 spiro atoms. The largest absolute Gasteiger partial charge is 0.347 e. The molecule has 4 heteroatoms. The summed E-state index contributed by atoms with van der Waals surface area (Å²) in [6, 6.07) is 7.81. The molecular weight excluding hydrogens is 376 g/mol. The van der Waals surface area contributed by atoms with Crippen LogP contribution in [0.25, 0.3) is 0 Å². The van der Waals surface area contributed by atoms with Crippen LogP contribution in [0.1, 0.15) is 10.4 Å². The minimum atomic E-state index is 0.101. The first-order valence-corrected chi connectivity index (χ1v) is 9.00. The second kappa shape index (κ2) is 7.81. The quantitative estimate of drug-likeness (QED) is 0.707. The first kappa shape index (κ1) is 17.6. The number of halogens is 1. The van der Waals surface area contributed by atoms with E-state index in [2.05, 4.69) is 71.4 Å². The number of rotatable bonds is 4. The summed E-state index contributed by atoms with van der Waals surface area (Å²) in [4.78, 5) is 16.4. The van der Waals surface area contributed by atoms with E-state index in [-0.39, 0.29) is 5.78 Å². The highest BCUT2D eigenvalue weighted by atomic mass is 79.9. The number of carbonyl (C=O) groups is 1. The zero-order valence-corrected chi connectivity index (χ0v) is 16.0. The van der Waals surface area contributed by atoms with Gasteiger partial charge in [-0.05, 0) is 49.5 Å². The van der Waals surface area contributed by atoms with E-state index >= 15 is 0 Å². The number of likely N-dealkylation sites (N-methyl/N-ethyl adjacent to an activating group) is 1. The van der Waals surface area contributed by atoms with E-state index in [4.69, 9.17) is 0 Å². The Hall–Kier alpha value is -2.17. The Morgan fingerprint density at radius 1 is 1.00 bits per heavy atom. The van der Waals surface area contributed by atoms with E-state index in [0.717, 1.165) is 15.6 Å². The van der Waals surface area contributed by atoms with Crippen LogP contribution in [0.2, 0.25) is 0 Å². The van der Waals surface area contributed by atoms with Crippen LogP contribution in [-0.4, -0.2) is 42.3 Å². The topological polar surface area (TPSA) is 23.6 Å². The van der Waals surface area contributed by atoms with Gasteiger partial charge in [-0.3, -0.25) is 9.69 Å². The Labute approximate surface area is 157 Å². The van der Waals surface area contributed by atoms with E-state index < -0.39 is 0 Å². The fourth-order valence-electron chi connectivity index (χ4n) is 2.71. The van der Waals surface area contributed by atoms with Gasteiger partial charge in [0.2, 0.25) is 0 Å². The predicted molar refractivity (Wildman–Crippen MR) is 106 cm³/mol. The number of carbonyl (C=O) groups excluding carboxylic acids is 1. The molecule has 1 aromatic carbocycles. The van der Waals surface area contributed by atoms with Gasteiger partial charge in [0.05, 0.1) is 6.54 Å². The monoisotopic (exact) mass is 396 g/mol. The molecular formula is C21H21BrN2O. The van der Waals surface area contributed by atoms with Crippen molar-refractivity contribution in [1.82, 2.24) is 9.80 Å². The minimum absolute atomic E-state index is 0.101. The van der Waals surface area contributed by atoms with Gasteiger partial charge in [0.15, 0.2) is 5.78 Å². The van der Waals surface area contributed by atoms with Gasteiger partial charge in [-0.1, -0.05) is 52.4 Å². The second-order valence-corrected chi connectivity index (χ2v) is 7.23. The molecule has 1 aromatic rings. The van der Waals surface area contributed by atoms with Gasteiger partial charge in [0, 0.05) is 28.5 Å². The lowest BCUT2D eigenvalue weighted by molar-refractivity contribution is 0.0969. The fraction of sp³-hybridized carbons (Fsp3) is 0.190. The van der Waals surface area contributed by atoms with Crippen molar-refractivity contribution in [2.75, 3.05) is 20.6 Å². The van der Waals surface area contributed by atoms with E-state index in [0.29, 0.717) is 12.6 Å². The van der Waals surface area contributed by atoms with Crippen molar-refractivity contribution in [2.45, 2.75) is 6.04 Å². The molecule has 1 heterocycles. The van der Waals surface area contributed by atoms with Crippen molar-refractivity contribution in [3.63, 3.8) is 0 Å². The predicted octanol–water partition coefficient (Wildman–Crippen LogP) is 4.33. The van der Waals surface area contributed by atoms with Crippen molar-refractivity contribution in [3.8, 4) is 0 Å². The molecule has 0 atom stereocenters. The van der Waals surface area contributed by atoms with E-state index in [1.165, 1.54) is 5.57 Å². The highest BCUT2D eigenvalue weighted by Crippen LogP contribution is 2.20. The van der Waals surface area contributed by atoms with Crippen molar-refractivity contribution in [2.24, 2.45) is 0 Å². The van der Waals surface area contributed by atoms with Gasteiger partial charge in [-0.2, -0.15) is 0 Å². The summed E-state index contributed by atoms with van der Waals surface area (Å²) >= 11 is 3.39. The Morgan fingerprint density at radius 2 is 1.56 bits per heavy atom. The summed E-state index contributed by atoms with van der Waals surface area (Å²) in [6.45, 7) is 0.339. The van der Waals surface area contributed by atoms with Crippen molar-refractivity contribution < 1.29 is 4.79 Å². The molecule has 1 aliphatic heterocycles. The first-order valence-electron chi connectivity index (χ1n) is 8.21. The summed E-state index contributed by atoms with van der Waals surface area (Å²) in [7, 11) is 4.14. The van der Waals surface area contributed by atoms with Crippen LogP contribution in [0.5, 0.6) is 0 Å². The van der Waals surface area contributed by atoms with Crippen LogP contribution in [0.3, 0.4) is 0 Å². The van der Waals surface area contributed by atoms with Crippen LogP contribution in [0, 0.1) is 0 Å². The van der Waals surface area contributed by atoms with Crippen LogP contribution in [0.15, 0.2) is 88.7 Å². The number of benzene rings is 1. The number of allylic oxidation sites excluding steroid dienone is 6. The summed E-state index contributed by atoms with van der Waals surface area (Å²) in [5, 5.41) is 0. The lowest BCUT2D eigenvalue weighted by Crippen LogP contribution is -2.24. The minimum Gasteiger partial charge on any atom is -0.347 e. The van der Waals surface area contributed by atoms with E-state index in [1.807, 2.05) is 41.6 Å². The maximum Gasteiger partial charge on any atom is 0.182 e. The molecule has 0 bridgehead atoms. The summed E-state index contributed by atoms with van der Waals surface area (Å²) in [5.74, 6) is 0.101. The molecule has 128 valence electrons. The fourth-order valence-corrected chi connectivity index (χ4v) is 2.97. The normalized spacial score (nSPS) is 19.2. The van der Waals surface area contributed by atoms with Crippen LogP contribution in [-0.2, 0) is 0 Å². The SMILES string of the molecule is CN(C)C1C=CC(=C2C=CN(CC(=O)c3ccc(Br)cc3)C=C2)C=C1. The Balaban J connectivity index is 1.64. The van der Waals surface area contributed by atoms with Crippen molar-refractivity contribution in [3.05, 3.63) is 94.3 Å². The average molecular weight is 397 g/mol. The number of Topliss-reactive ketones (excluding diaryl/α,β-unsaturated/α-hetero) is 1. The molecule has 0 amide bonds. The van der Waals surface area contributed by atoms with Gasteiger partial charge in [0.1, 0.15) is 0 Å². The third-order valence-electron chi connectivity index (χ3n) is 4.26. The molecule has 0 radical (unpaired) electrons. The van der Waals surface area contributed by atoms with Gasteiger partial charge < -0.3 is 4.90 Å². The third-order valence-corrected chi connectivity index (χ3v) is 4.79. The number of ketones is 1. The maximum absolute atomic E-state index is 12.3. The molecule has 1 aliphatic carbocycles. The van der Waals surface area contributed by atoms with E-state index in [9.17, 15) is 4.79 Å². The van der Waals surface area contributed by atoms with Gasteiger partial charge in [-0.15, -0.1) is 0 Å². The zero-order valence-electron chi connectivity index (χ0n) is 14.4. The molecule has 2 aliphatic rings. The first-order chi connectivity index (χ1) is 12.0. The average Bonchev–Trinajstić information content (AvgIpc) is 2.63. The molecule has 0 N–H and O–H groups in total. The molecule has 0 unspecified atom stereocenters. The van der Waals surface area contributed by atoms with Crippen LogP contribution >= 0.6 is 15.9 Å². The molecule has 3 rings (SSSR count). The molecule has 25 heavy (non-hydrogen) atoms. The van der Waals surface area contributed by atoms with Gasteiger partial charge >= 0.3 is 0 Å².